The molecule has 1 unspecified atom stereocenters. The molecule has 0 radical (unpaired) electrons. The molecule has 8 heteroatoms. The molecule has 156 valence electrons. The third-order valence-corrected chi connectivity index (χ3v) is 5.55. The number of aromatic nitrogens is 2. The van der Waals surface area contributed by atoms with Crippen molar-refractivity contribution in [1.29, 1.82) is 0 Å². The first kappa shape index (κ1) is 24.2. The van der Waals surface area contributed by atoms with Crippen LogP contribution in [0, 0.1) is 5.41 Å². The largest absolute Gasteiger partial charge is 0.385 e. The highest BCUT2D eigenvalue weighted by atomic mass is 127. The Kier molecular flexibility index (Phi) is 10.6. The molecule has 1 aliphatic carbocycles. The van der Waals surface area contributed by atoms with Crippen molar-refractivity contribution in [3.8, 4) is 0 Å². The van der Waals surface area contributed by atoms with Gasteiger partial charge in [0, 0.05) is 52.7 Å². The van der Waals surface area contributed by atoms with Gasteiger partial charge in [-0.15, -0.1) is 24.0 Å². The topological polar surface area (TPSA) is 66.7 Å². The van der Waals surface area contributed by atoms with Crippen LogP contribution in [0.4, 0.5) is 0 Å². The zero-order chi connectivity index (χ0) is 19.0. The number of ether oxygens (including phenoxy) is 1. The van der Waals surface area contributed by atoms with Crippen molar-refractivity contribution in [2.45, 2.75) is 38.1 Å². The summed E-state index contributed by atoms with van der Waals surface area (Å²) >= 11 is 0. The van der Waals surface area contributed by atoms with E-state index in [1.807, 2.05) is 25.0 Å². The predicted molar refractivity (Wildman–Crippen MR) is 122 cm³/mol. The number of rotatable bonds is 9. The van der Waals surface area contributed by atoms with Gasteiger partial charge in [-0.2, -0.15) is 5.10 Å². The van der Waals surface area contributed by atoms with Crippen molar-refractivity contribution in [3.05, 3.63) is 18.0 Å². The maximum Gasteiger partial charge on any atom is 0.191 e. The highest BCUT2D eigenvalue weighted by molar-refractivity contribution is 14.0. The summed E-state index contributed by atoms with van der Waals surface area (Å²) in [5.74, 6) is 0.865. The molecular weight excluding hydrogens is 455 g/mol. The molecule has 0 spiro atoms. The molecule has 1 aromatic heterocycles. The highest BCUT2D eigenvalue weighted by Gasteiger charge is 2.33. The Hall–Kier alpha value is -0.870. The molecule has 0 saturated heterocycles. The van der Waals surface area contributed by atoms with Gasteiger partial charge >= 0.3 is 0 Å². The standard InChI is InChI=1S/C19H36N6O.HI/c1-20-18(22-15-19(10-11-26-5)8-6-7-9-19)21-13-17(24(2)3)16-12-23-25(4)14-16;/h12,14,17H,6-11,13,15H2,1-5H3,(H2,20,21,22);1H. The number of nitrogens with one attached hydrogen (secondary N) is 2. The maximum absolute atomic E-state index is 5.33. The van der Waals surface area contributed by atoms with Crippen molar-refractivity contribution in [1.82, 2.24) is 25.3 Å². The number of halogens is 1. The summed E-state index contributed by atoms with van der Waals surface area (Å²) < 4.78 is 7.18. The Balaban J connectivity index is 0.00000364. The zero-order valence-electron chi connectivity index (χ0n) is 17.5. The van der Waals surface area contributed by atoms with E-state index >= 15 is 0 Å². The van der Waals surface area contributed by atoms with Crippen LogP contribution in [0.15, 0.2) is 17.4 Å². The first-order chi connectivity index (χ1) is 12.5. The highest BCUT2D eigenvalue weighted by Crippen LogP contribution is 2.40. The fourth-order valence-corrected chi connectivity index (χ4v) is 3.85. The van der Waals surface area contributed by atoms with E-state index in [0.717, 1.165) is 32.1 Å². The van der Waals surface area contributed by atoms with Crippen LogP contribution in [0.25, 0.3) is 0 Å². The van der Waals surface area contributed by atoms with Crippen molar-refractivity contribution in [2.24, 2.45) is 17.5 Å². The minimum absolute atomic E-state index is 0. The van der Waals surface area contributed by atoms with Crippen LogP contribution in [0.1, 0.15) is 43.7 Å². The summed E-state index contributed by atoms with van der Waals surface area (Å²) in [6.07, 6.45) is 10.3. The second kappa shape index (κ2) is 11.9. The normalized spacial score (nSPS) is 17.6. The lowest BCUT2D eigenvalue weighted by Crippen LogP contribution is -2.45. The monoisotopic (exact) mass is 492 g/mol. The smallest absolute Gasteiger partial charge is 0.191 e. The van der Waals surface area contributed by atoms with Crippen LogP contribution < -0.4 is 10.6 Å². The van der Waals surface area contributed by atoms with E-state index in [4.69, 9.17) is 4.74 Å². The van der Waals surface area contributed by atoms with Crippen molar-refractivity contribution < 1.29 is 4.74 Å². The van der Waals surface area contributed by atoms with Crippen LogP contribution in [0.5, 0.6) is 0 Å². The van der Waals surface area contributed by atoms with Gasteiger partial charge in [0.2, 0.25) is 0 Å². The van der Waals surface area contributed by atoms with Crippen LogP contribution in [-0.4, -0.2) is 68.6 Å². The van der Waals surface area contributed by atoms with Crippen molar-refractivity contribution in [3.63, 3.8) is 0 Å². The Morgan fingerprint density at radius 2 is 2.07 bits per heavy atom. The molecule has 0 bridgehead atoms. The number of hydrogen-bond donors (Lipinski definition) is 2. The maximum atomic E-state index is 5.33. The molecular formula is C19H37IN6O. The molecule has 1 atom stereocenters. The van der Waals surface area contributed by atoms with E-state index in [1.54, 1.807) is 7.11 Å². The zero-order valence-corrected chi connectivity index (χ0v) is 19.8. The Labute approximate surface area is 181 Å². The average molecular weight is 492 g/mol. The lowest BCUT2D eigenvalue weighted by Gasteiger charge is -2.30. The van der Waals surface area contributed by atoms with Gasteiger partial charge < -0.3 is 20.3 Å². The molecule has 2 N–H and O–H groups in total. The summed E-state index contributed by atoms with van der Waals surface area (Å²) in [5, 5.41) is 11.3. The molecule has 27 heavy (non-hydrogen) atoms. The molecule has 1 aromatic rings. The number of likely N-dealkylation sites (N-methyl/N-ethyl adjacent to an activating group) is 1. The molecule has 1 heterocycles. The molecule has 0 aliphatic heterocycles. The minimum atomic E-state index is 0. The number of methoxy groups -OCH3 is 1. The SMILES string of the molecule is CN=C(NCC(c1cnn(C)c1)N(C)C)NCC1(CCOC)CCCC1.I. The number of nitrogens with zero attached hydrogens (tertiary/aromatic N) is 4. The van der Waals surface area contributed by atoms with Crippen LogP contribution >= 0.6 is 24.0 Å². The van der Waals surface area contributed by atoms with Crippen molar-refractivity contribution >= 4 is 29.9 Å². The van der Waals surface area contributed by atoms with Crippen LogP contribution in [-0.2, 0) is 11.8 Å². The second-order valence-corrected chi connectivity index (χ2v) is 7.68. The number of aliphatic imine (C=N–C) groups is 1. The van der Waals surface area contributed by atoms with E-state index < -0.39 is 0 Å². The summed E-state index contributed by atoms with van der Waals surface area (Å²) in [5.41, 5.74) is 1.55. The first-order valence-electron chi connectivity index (χ1n) is 9.58. The van der Waals surface area contributed by atoms with E-state index in [9.17, 15) is 0 Å². The van der Waals surface area contributed by atoms with Gasteiger partial charge in [-0.05, 0) is 38.8 Å². The quantitative estimate of drug-likeness (QED) is 0.315. The summed E-state index contributed by atoms with van der Waals surface area (Å²) in [6, 6.07) is 0.246. The van der Waals surface area contributed by atoms with Gasteiger partial charge in [-0.25, -0.2) is 0 Å². The summed E-state index contributed by atoms with van der Waals surface area (Å²) in [4.78, 5) is 6.62. The summed E-state index contributed by atoms with van der Waals surface area (Å²) in [7, 11) is 9.75. The molecule has 7 nitrogen and oxygen atoms in total. The molecule has 0 amide bonds. The molecule has 0 aromatic carbocycles. The Bertz CT molecular complexity index is 568. The number of guanidine groups is 1. The Morgan fingerprint density at radius 3 is 2.59 bits per heavy atom. The van der Waals surface area contributed by atoms with E-state index in [1.165, 1.54) is 31.2 Å². The second-order valence-electron chi connectivity index (χ2n) is 7.68. The third-order valence-electron chi connectivity index (χ3n) is 5.55. The van der Waals surface area contributed by atoms with Crippen molar-refractivity contribution in [2.75, 3.05) is 47.9 Å². The van der Waals surface area contributed by atoms with E-state index in [-0.39, 0.29) is 30.0 Å². The fourth-order valence-electron chi connectivity index (χ4n) is 3.85. The van der Waals surface area contributed by atoms with Gasteiger partial charge in [-0.3, -0.25) is 9.67 Å². The van der Waals surface area contributed by atoms with E-state index in [0.29, 0.717) is 5.41 Å². The minimum Gasteiger partial charge on any atom is -0.385 e. The number of aryl methyl sites for hydroxylation is 1. The summed E-state index contributed by atoms with van der Waals surface area (Å²) in [6.45, 7) is 2.57. The van der Waals surface area contributed by atoms with E-state index in [2.05, 4.69) is 45.9 Å². The first-order valence-corrected chi connectivity index (χ1v) is 9.58. The lowest BCUT2D eigenvalue weighted by atomic mass is 9.83. The molecule has 1 saturated carbocycles. The molecule has 2 rings (SSSR count). The predicted octanol–water partition coefficient (Wildman–Crippen LogP) is 2.40. The van der Waals surface area contributed by atoms with Gasteiger partial charge in [0.15, 0.2) is 5.96 Å². The van der Waals surface area contributed by atoms with Crippen LogP contribution in [0.3, 0.4) is 0 Å². The third kappa shape index (κ3) is 7.23. The Morgan fingerprint density at radius 1 is 1.37 bits per heavy atom. The van der Waals surface area contributed by atoms with Gasteiger partial charge in [0.1, 0.15) is 0 Å². The lowest BCUT2D eigenvalue weighted by molar-refractivity contribution is 0.138. The van der Waals surface area contributed by atoms with Gasteiger partial charge in [0.25, 0.3) is 0 Å². The molecule has 1 aliphatic rings. The van der Waals surface area contributed by atoms with Crippen LogP contribution in [0.2, 0.25) is 0 Å². The van der Waals surface area contributed by atoms with Gasteiger partial charge in [-0.1, -0.05) is 12.8 Å². The molecule has 1 fully saturated rings. The number of hydrogen-bond acceptors (Lipinski definition) is 4. The average Bonchev–Trinajstić information content (AvgIpc) is 3.25. The fraction of sp³-hybridized carbons (Fsp3) is 0.789. The van der Waals surface area contributed by atoms with Gasteiger partial charge in [0.05, 0.1) is 12.2 Å².